The van der Waals surface area contributed by atoms with Gasteiger partial charge in [0.2, 0.25) is 0 Å². The van der Waals surface area contributed by atoms with Crippen LogP contribution in [0.2, 0.25) is 0 Å². The summed E-state index contributed by atoms with van der Waals surface area (Å²) in [5.41, 5.74) is 0.937. The molecule has 1 aliphatic carbocycles. The lowest BCUT2D eigenvalue weighted by atomic mass is 10.1. The van der Waals surface area contributed by atoms with Crippen molar-refractivity contribution in [3.63, 3.8) is 0 Å². The number of hydrogen-bond donors (Lipinski definition) is 2. The highest BCUT2D eigenvalue weighted by molar-refractivity contribution is 5.74. The maximum atomic E-state index is 13.2. The van der Waals surface area contributed by atoms with Gasteiger partial charge in [-0.2, -0.15) is 0 Å². The average Bonchev–Trinajstić information content (AvgIpc) is 3.33. The molecule has 0 aliphatic heterocycles. The molecule has 0 unspecified atom stereocenters. The van der Waals surface area contributed by atoms with Gasteiger partial charge in [-0.1, -0.05) is 25.0 Å². The Kier molecular flexibility index (Phi) is 7.70. The molecule has 1 aliphatic rings. The van der Waals surface area contributed by atoms with E-state index in [2.05, 4.69) is 10.6 Å². The fourth-order valence-corrected chi connectivity index (χ4v) is 2.86. The number of benzene rings is 1. The van der Waals surface area contributed by atoms with Gasteiger partial charge in [0.15, 0.2) is 0 Å². The number of urea groups is 1. The number of rotatable bonds is 10. The summed E-state index contributed by atoms with van der Waals surface area (Å²) >= 11 is 0. The summed E-state index contributed by atoms with van der Waals surface area (Å²) in [6.45, 7) is 2.85. The second-order valence-corrected chi connectivity index (χ2v) is 6.37. The first kappa shape index (κ1) is 19.2. The number of esters is 1. The molecule has 6 heteroatoms. The molecule has 1 aromatic carbocycles. The first-order valence-electron chi connectivity index (χ1n) is 9.05. The zero-order valence-electron chi connectivity index (χ0n) is 14.7. The van der Waals surface area contributed by atoms with Gasteiger partial charge in [-0.3, -0.25) is 4.79 Å². The van der Waals surface area contributed by atoms with Crippen LogP contribution in [0.4, 0.5) is 9.18 Å². The van der Waals surface area contributed by atoms with Crippen LogP contribution in [0.5, 0.6) is 0 Å². The fourth-order valence-electron chi connectivity index (χ4n) is 2.86. The van der Waals surface area contributed by atoms with Crippen LogP contribution >= 0.6 is 0 Å². The third-order valence-electron chi connectivity index (χ3n) is 4.28. The minimum absolute atomic E-state index is 0.0892. The summed E-state index contributed by atoms with van der Waals surface area (Å²) < 4.78 is 18.1. The molecular formula is C19H27FN2O3. The van der Waals surface area contributed by atoms with Crippen molar-refractivity contribution in [1.82, 2.24) is 10.6 Å². The van der Waals surface area contributed by atoms with E-state index in [0.29, 0.717) is 19.6 Å². The molecule has 1 aromatic rings. The number of carbonyl (C=O) groups excluding carboxylic acids is 2. The van der Waals surface area contributed by atoms with E-state index in [4.69, 9.17) is 4.74 Å². The predicted molar refractivity (Wildman–Crippen MR) is 93.8 cm³/mol. The van der Waals surface area contributed by atoms with Crippen LogP contribution in [0.1, 0.15) is 56.9 Å². The minimum atomic E-state index is -0.240. The molecule has 0 spiro atoms. The molecule has 2 atom stereocenters. The number of unbranched alkanes of at least 4 members (excludes halogenated alkanes) is 3. The van der Waals surface area contributed by atoms with Crippen molar-refractivity contribution in [3.8, 4) is 0 Å². The van der Waals surface area contributed by atoms with Crippen LogP contribution in [-0.2, 0) is 9.53 Å². The average molecular weight is 350 g/mol. The monoisotopic (exact) mass is 350 g/mol. The Morgan fingerprint density at radius 2 is 2.04 bits per heavy atom. The highest BCUT2D eigenvalue weighted by Gasteiger charge is 2.39. The standard InChI is InChI=1S/C19H27FN2O3/c1-2-25-18(23)10-5-3-4-6-11-21-19(24)22-17-13-16(17)14-8-7-9-15(20)12-14/h7-9,12,16-17H,2-6,10-11,13H2,1H3,(H2,21,22,24)/t16-,17+/m1/s1. The van der Waals surface area contributed by atoms with Gasteiger partial charge in [-0.05, 0) is 43.9 Å². The molecule has 25 heavy (non-hydrogen) atoms. The van der Waals surface area contributed by atoms with Crippen molar-refractivity contribution in [1.29, 1.82) is 0 Å². The molecule has 0 aromatic heterocycles. The van der Waals surface area contributed by atoms with Gasteiger partial charge in [-0.25, -0.2) is 9.18 Å². The quantitative estimate of drug-likeness (QED) is 0.501. The fraction of sp³-hybridized carbons (Fsp3) is 0.579. The number of ether oxygens (including phenoxy) is 1. The van der Waals surface area contributed by atoms with E-state index < -0.39 is 0 Å². The molecular weight excluding hydrogens is 323 g/mol. The zero-order chi connectivity index (χ0) is 18.1. The first-order chi connectivity index (χ1) is 12.1. The number of hydrogen-bond acceptors (Lipinski definition) is 3. The minimum Gasteiger partial charge on any atom is -0.466 e. The number of amides is 2. The molecule has 0 radical (unpaired) electrons. The second kappa shape index (κ2) is 10.0. The normalized spacial score (nSPS) is 18.5. The van der Waals surface area contributed by atoms with Crippen LogP contribution in [0.3, 0.4) is 0 Å². The molecule has 1 fully saturated rings. The van der Waals surface area contributed by atoms with Crippen LogP contribution < -0.4 is 10.6 Å². The van der Waals surface area contributed by atoms with Crippen molar-refractivity contribution >= 4 is 12.0 Å². The van der Waals surface area contributed by atoms with E-state index in [0.717, 1.165) is 37.7 Å². The second-order valence-electron chi connectivity index (χ2n) is 6.37. The first-order valence-corrected chi connectivity index (χ1v) is 9.05. The SMILES string of the molecule is CCOC(=O)CCCCCCNC(=O)N[C@H]1C[C@@H]1c1cccc(F)c1. The smallest absolute Gasteiger partial charge is 0.315 e. The van der Waals surface area contributed by atoms with Gasteiger partial charge in [0.05, 0.1) is 6.61 Å². The summed E-state index contributed by atoms with van der Waals surface area (Å²) in [7, 11) is 0. The van der Waals surface area contributed by atoms with Gasteiger partial charge in [0.25, 0.3) is 0 Å². The predicted octanol–water partition coefficient (Wildman–Crippen LogP) is 3.49. The van der Waals surface area contributed by atoms with Crippen molar-refractivity contribution < 1.29 is 18.7 Å². The topological polar surface area (TPSA) is 67.4 Å². The Hall–Kier alpha value is -2.11. The number of halogens is 1. The number of nitrogens with one attached hydrogen (secondary N) is 2. The van der Waals surface area contributed by atoms with E-state index in [1.165, 1.54) is 12.1 Å². The summed E-state index contributed by atoms with van der Waals surface area (Å²) in [5.74, 6) is -0.169. The Morgan fingerprint density at radius 3 is 2.80 bits per heavy atom. The molecule has 2 amide bonds. The summed E-state index contributed by atoms with van der Waals surface area (Å²) in [5, 5.41) is 5.76. The zero-order valence-corrected chi connectivity index (χ0v) is 14.7. The molecule has 1 saturated carbocycles. The van der Waals surface area contributed by atoms with Crippen LogP contribution in [-0.4, -0.2) is 31.2 Å². The third kappa shape index (κ3) is 7.11. The maximum Gasteiger partial charge on any atom is 0.315 e. The lowest BCUT2D eigenvalue weighted by molar-refractivity contribution is -0.143. The Labute approximate surface area is 148 Å². The summed E-state index contributed by atoms with van der Waals surface area (Å²) in [6, 6.07) is 6.46. The van der Waals surface area contributed by atoms with E-state index >= 15 is 0 Å². The molecule has 0 saturated heterocycles. The maximum absolute atomic E-state index is 13.2. The molecule has 2 N–H and O–H groups in total. The number of carbonyl (C=O) groups is 2. The highest BCUT2D eigenvalue weighted by atomic mass is 19.1. The molecule has 2 rings (SSSR count). The molecule has 138 valence electrons. The van der Waals surface area contributed by atoms with Gasteiger partial charge >= 0.3 is 12.0 Å². The van der Waals surface area contributed by atoms with Crippen LogP contribution in [0, 0.1) is 5.82 Å². The Balaban J connectivity index is 1.49. The van der Waals surface area contributed by atoms with Crippen LogP contribution in [0.15, 0.2) is 24.3 Å². The summed E-state index contributed by atoms with van der Waals surface area (Å²) in [4.78, 5) is 23.0. The van der Waals surface area contributed by atoms with Crippen LogP contribution in [0.25, 0.3) is 0 Å². The largest absolute Gasteiger partial charge is 0.466 e. The van der Waals surface area contributed by atoms with Crippen molar-refractivity contribution in [2.45, 2.75) is 57.4 Å². The third-order valence-corrected chi connectivity index (χ3v) is 4.28. The molecule has 5 nitrogen and oxygen atoms in total. The highest BCUT2D eigenvalue weighted by Crippen LogP contribution is 2.40. The van der Waals surface area contributed by atoms with E-state index in [1.807, 2.05) is 6.07 Å². The lowest BCUT2D eigenvalue weighted by Gasteiger charge is -2.07. The van der Waals surface area contributed by atoms with Gasteiger partial charge in [0, 0.05) is 24.9 Å². The van der Waals surface area contributed by atoms with Crippen molar-refractivity contribution in [2.75, 3.05) is 13.2 Å². The molecule has 0 bridgehead atoms. The van der Waals surface area contributed by atoms with Gasteiger partial charge < -0.3 is 15.4 Å². The lowest BCUT2D eigenvalue weighted by Crippen LogP contribution is -2.37. The Bertz CT molecular complexity index is 580. The Morgan fingerprint density at radius 1 is 1.24 bits per heavy atom. The van der Waals surface area contributed by atoms with Gasteiger partial charge in [-0.15, -0.1) is 0 Å². The summed E-state index contributed by atoms with van der Waals surface area (Å²) in [6.07, 6.45) is 4.94. The molecule has 0 heterocycles. The van der Waals surface area contributed by atoms with Crippen molar-refractivity contribution in [3.05, 3.63) is 35.6 Å². The van der Waals surface area contributed by atoms with Crippen molar-refractivity contribution in [2.24, 2.45) is 0 Å². The van der Waals surface area contributed by atoms with E-state index in [1.54, 1.807) is 13.0 Å². The van der Waals surface area contributed by atoms with E-state index in [-0.39, 0.29) is 29.8 Å². The van der Waals surface area contributed by atoms with Gasteiger partial charge in [0.1, 0.15) is 5.82 Å². The van der Waals surface area contributed by atoms with E-state index in [9.17, 15) is 14.0 Å².